The number of ketones is 1. The van der Waals surface area contributed by atoms with E-state index in [-0.39, 0.29) is 17.5 Å². The van der Waals surface area contributed by atoms with Crippen molar-refractivity contribution in [3.63, 3.8) is 0 Å². The molecule has 1 aromatic carbocycles. The van der Waals surface area contributed by atoms with E-state index < -0.39 is 6.61 Å². The number of alkyl halides is 2. The fraction of sp³-hybridized carbons (Fsp3) is 0.533. The minimum Gasteiger partial charge on any atom is -0.435 e. The van der Waals surface area contributed by atoms with Crippen molar-refractivity contribution >= 4 is 5.78 Å². The molecule has 0 heterocycles. The van der Waals surface area contributed by atoms with E-state index in [2.05, 4.69) is 11.7 Å². The first-order valence-electron chi connectivity index (χ1n) is 6.65. The van der Waals surface area contributed by atoms with Gasteiger partial charge in [-0.3, -0.25) is 4.79 Å². The molecule has 0 aliphatic heterocycles. The molecule has 1 aliphatic rings. The third-order valence-electron chi connectivity index (χ3n) is 3.73. The second kappa shape index (κ2) is 6.13. The molecule has 0 amide bonds. The van der Waals surface area contributed by atoms with E-state index in [1.165, 1.54) is 12.1 Å². The topological polar surface area (TPSA) is 26.3 Å². The summed E-state index contributed by atoms with van der Waals surface area (Å²) in [6.45, 7) is -0.668. The van der Waals surface area contributed by atoms with Crippen LogP contribution < -0.4 is 4.74 Å². The first kappa shape index (κ1) is 14.0. The van der Waals surface area contributed by atoms with E-state index in [1.807, 2.05) is 0 Å². The summed E-state index contributed by atoms with van der Waals surface area (Å²) in [5.41, 5.74) is 0.470. The average Bonchev–Trinajstić information content (AvgIpc) is 2.38. The van der Waals surface area contributed by atoms with E-state index in [9.17, 15) is 13.6 Å². The van der Waals surface area contributed by atoms with Crippen molar-refractivity contribution < 1.29 is 18.3 Å². The number of carbonyl (C=O) groups is 1. The number of rotatable bonds is 4. The molecule has 1 aliphatic carbocycles. The van der Waals surface area contributed by atoms with Gasteiger partial charge < -0.3 is 4.74 Å². The van der Waals surface area contributed by atoms with Crippen LogP contribution in [0.4, 0.5) is 8.78 Å². The molecule has 0 bridgehead atoms. The summed E-state index contributed by atoms with van der Waals surface area (Å²) in [5, 5.41) is 0. The zero-order valence-electron chi connectivity index (χ0n) is 10.9. The molecule has 0 atom stereocenters. The lowest BCUT2D eigenvalue weighted by Gasteiger charge is -2.25. The summed E-state index contributed by atoms with van der Waals surface area (Å²) in [4.78, 5) is 12.3. The highest BCUT2D eigenvalue weighted by Crippen LogP contribution is 2.31. The van der Waals surface area contributed by atoms with Crippen LogP contribution in [0, 0.1) is 11.8 Å². The van der Waals surface area contributed by atoms with Crippen LogP contribution in [0.5, 0.6) is 5.75 Å². The van der Waals surface area contributed by atoms with E-state index in [0.717, 1.165) is 25.7 Å². The fourth-order valence-corrected chi connectivity index (χ4v) is 2.58. The van der Waals surface area contributed by atoms with Gasteiger partial charge >= 0.3 is 6.61 Å². The predicted molar refractivity (Wildman–Crippen MR) is 68.5 cm³/mol. The quantitative estimate of drug-likeness (QED) is 0.761. The summed E-state index contributed by atoms with van der Waals surface area (Å²) in [6.07, 6.45) is 3.90. The van der Waals surface area contributed by atoms with Crippen molar-refractivity contribution in [2.24, 2.45) is 11.8 Å². The fourth-order valence-electron chi connectivity index (χ4n) is 2.58. The van der Waals surface area contributed by atoms with Gasteiger partial charge in [0.05, 0.1) is 0 Å². The third-order valence-corrected chi connectivity index (χ3v) is 3.73. The standard InChI is InChI=1S/C15H18F2O2/c1-10-5-7-11(8-6-10)14(18)12-3-2-4-13(9-12)19-15(16)17/h2-4,9-11,15H,5-8H2,1H3. The van der Waals surface area contributed by atoms with Crippen LogP contribution in [0.3, 0.4) is 0 Å². The van der Waals surface area contributed by atoms with Crippen LogP contribution >= 0.6 is 0 Å². The number of carbonyl (C=O) groups excluding carboxylic acids is 1. The summed E-state index contributed by atoms with van der Waals surface area (Å²) in [6, 6.07) is 6.09. The van der Waals surface area contributed by atoms with Crippen molar-refractivity contribution in [3.8, 4) is 5.75 Å². The third kappa shape index (κ3) is 3.75. The highest BCUT2D eigenvalue weighted by Gasteiger charge is 2.25. The van der Waals surface area contributed by atoms with E-state index >= 15 is 0 Å². The molecule has 0 unspecified atom stereocenters. The molecule has 4 heteroatoms. The van der Waals surface area contributed by atoms with Gasteiger partial charge in [0.25, 0.3) is 0 Å². The van der Waals surface area contributed by atoms with Crippen molar-refractivity contribution in [2.75, 3.05) is 0 Å². The molecule has 0 N–H and O–H groups in total. The maximum absolute atomic E-state index is 12.3. The zero-order chi connectivity index (χ0) is 13.8. The number of hydrogen-bond donors (Lipinski definition) is 0. The minimum absolute atomic E-state index is 0.0259. The van der Waals surface area contributed by atoms with Gasteiger partial charge in [-0.2, -0.15) is 8.78 Å². The molecule has 19 heavy (non-hydrogen) atoms. The molecule has 1 saturated carbocycles. The monoisotopic (exact) mass is 268 g/mol. The summed E-state index contributed by atoms with van der Waals surface area (Å²) in [5.74, 6) is 0.798. The van der Waals surface area contributed by atoms with Gasteiger partial charge in [-0.15, -0.1) is 0 Å². The van der Waals surface area contributed by atoms with Gasteiger partial charge in [0.2, 0.25) is 0 Å². The Balaban J connectivity index is 2.06. The van der Waals surface area contributed by atoms with Crippen molar-refractivity contribution in [1.29, 1.82) is 0 Å². The number of ether oxygens (including phenoxy) is 1. The van der Waals surface area contributed by atoms with Crippen LogP contribution in [0.2, 0.25) is 0 Å². The molecule has 0 aromatic heterocycles. The van der Waals surface area contributed by atoms with Crippen molar-refractivity contribution in [3.05, 3.63) is 29.8 Å². The Morgan fingerprint density at radius 2 is 1.95 bits per heavy atom. The van der Waals surface area contributed by atoms with Crippen molar-refractivity contribution in [2.45, 2.75) is 39.2 Å². The Kier molecular flexibility index (Phi) is 4.51. The minimum atomic E-state index is -2.86. The van der Waals surface area contributed by atoms with Gasteiger partial charge in [0, 0.05) is 11.5 Å². The van der Waals surface area contributed by atoms with Gasteiger partial charge in [-0.1, -0.05) is 31.9 Å². The lowest BCUT2D eigenvalue weighted by molar-refractivity contribution is -0.0498. The van der Waals surface area contributed by atoms with Crippen LogP contribution in [0.15, 0.2) is 24.3 Å². The highest BCUT2D eigenvalue weighted by atomic mass is 19.3. The number of benzene rings is 1. The second-order valence-electron chi connectivity index (χ2n) is 5.23. The molecule has 2 rings (SSSR count). The van der Waals surface area contributed by atoms with Crippen LogP contribution in [0.25, 0.3) is 0 Å². The second-order valence-corrected chi connectivity index (χ2v) is 5.23. The maximum atomic E-state index is 12.3. The Labute approximate surface area is 111 Å². The average molecular weight is 268 g/mol. The molecule has 0 radical (unpaired) electrons. The normalized spacial score (nSPS) is 23.4. The molecular weight excluding hydrogens is 250 g/mol. The van der Waals surface area contributed by atoms with Gasteiger partial charge in [-0.25, -0.2) is 0 Å². The van der Waals surface area contributed by atoms with E-state index in [4.69, 9.17) is 0 Å². The van der Waals surface area contributed by atoms with Gasteiger partial charge in [0.15, 0.2) is 5.78 Å². The SMILES string of the molecule is CC1CCC(C(=O)c2cccc(OC(F)F)c2)CC1. The molecule has 2 nitrogen and oxygen atoms in total. The number of hydrogen-bond acceptors (Lipinski definition) is 2. The Bertz CT molecular complexity index is 438. The largest absolute Gasteiger partial charge is 0.435 e. The Morgan fingerprint density at radius 1 is 1.26 bits per heavy atom. The van der Waals surface area contributed by atoms with Gasteiger partial charge in [0.1, 0.15) is 5.75 Å². The molecule has 1 aromatic rings. The molecular formula is C15H18F2O2. The molecule has 1 fully saturated rings. The first-order valence-corrected chi connectivity index (χ1v) is 6.65. The van der Waals surface area contributed by atoms with Crippen LogP contribution in [-0.2, 0) is 0 Å². The lowest BCUT2D eigenvalue weighted by atomic mass is 9.79. The maximum Gasteiger partial charge on any atom is 0.387 e. The summed E-state index contributed by atoms with van der Waals surface area (Å²) < 4.78 is 28.6. The zero-order valence-corrected chi connectivity index (χ0v) is 10.9. The predicted octanol–water partition coefficient (Wildman–Crippen LogP) is 4.30. The van der Waals surface area contributed by atoms with E-state index in [0.29, 0.717) is 11.5 Å². The van der Waals surface area contributed by atoms with E-state index in [1.54, 1.807) is 12.1 Å². The molecule has 0 saturated heterocycles. The summed E-state index contributed by atoms with van der Waals surface area (Å²) in [7, 11) is 0. The smallest absolute Gasteiger partial charge is 0.387 e. The van der Waals surface area contributed by atoms with Crippen LogP contribution in [-0.4, -0.2) is 12.4 Å². The van der Waals surface area contributed by atoms with Crippen molar-refractivity contribution in [1.82, 2.24) is 0 Å². The Hall–Kier alpha value is -1.45. The molecule has 104 valence electrons. The highest BCUT2D eigenvalue weighted by molar-refractivity contribution is 5.98. The molecule has 0 spiro atoms. The summed E-state index contributed by atoms with van der Waals surface area (Å²) >= 11 is 0. The Morgan fingerprint density at radius 3 is 2.58 bits per heavy atom. The first-order chi connectivity index (χ1) is 9.06. The van der Waals surface area contributed by atoms with Crippen LogP contribution in [0.1, 0.15) is 43.0 Å². The lowest BCUT2D eigenvalue weighted by Crippen LogP contribution is -2.21. The number of halogens is 2. The van der Waals surface area contributed by atoms with Gasteiger partial charge in [-0.05, 0) is 30.9 Å². The number of Topliss-reactive ketones (excluding diaryl/α,β-unsaturated/α-hetero) is 1.